The maximum absolute atomic E-state index is 11.8. The highest BCUT2D eigenvalue weighted by Gasteiger charge is 2.40. The summed E-state index contributed by atoms with van der Waals surface area (Å²) in [4.78, 5) is 11.8. The monoisotopic (exact) mass is 200 g/mol. The van der Waals surface area contributed by atoms with Crippen molar-refractivity contribution in [1.82, 2.24) is 0 Å². The van der Waals surface area contributed by atoms with Crippen molar-refractivity contribution in [1.29, 1.82) is 0 Å². The molecule has 0 spiro atoms. The van der Waals surface area contributed by atoms with Gasteiger partial charge in [0.05, 0.1) is 0 Å². The zero-order valence-electron chi connectivity index (χ0n) is 9.45. The summed E-state index contributed by atoms with van der Waals surface area (Å²) in [6, 6.07) is 10.2. The van der Waals surface area contributed by atoms with Crippen molar-refractivity contribution in [3.63, 3.8) is 0 Å². The molecule has 78 valence electrons. The minimum atomic E-state index is -0.245. The molecule has 1 aromatic rings. The second kappa shape index (κ2) is 3.34. The number of rotatable bonds is 1. The molecular weight excluding hydrogens is 184 g/mol. The molecule has 1 atom stereocenters. The molecule has 1 nitrogen and oxygen atoms in total. The fourth-order valence-corrected chi connectivity index (χ4v) is 2.02. The third-order valence-electron chi connectivity index (χ3n) is 3.58. The number of carbonyl (C=O) groups is 1. The molecule has 0 saturated heterocycles. The fraction of sp³-hybridized carbons (Fsp3) is 0.357. The van der Waals surface area contributed by atoms with Gasteiger partial charge in [-0.15, -0.1) is 0 Å². The lowest BCUT2D eigenvalue weighted by molar-refractivity contribution is -0.122. The van der Waals surface area contributed by atoms with Crippen LogP contribution in [0.5, 0.6) is 0 Å². The van der Waals surface area contributed by atoms with Crippen molar-refractivity contribution in [2.24, 2.45) is 11.3 Å². The summed E-state index contributed by atoms with van der Waals surface area (Å²) in [7, 11) is 0. The first kappa shape index (κ1) is 10.2. The van der Waals surface area contributed by atoms with E-state index >= 15 is 0 Å². The Morgan fingerprint density at radius 2 is 1.73 bits per heavy atom. The lowest BCUT2D eigenvalue weighted by atomic mass is 9.78. The van der Waals surface area contributed by atoms with Crippen molar-refractivity contribution < 1.29 is 4.79 Å². The Morgan fingerprint density at radius 1 is 1.13 bits per heavy atom. The van der Waals surface area contributed by atoms with Gasteiger partial charge in [0, 0.05) is 5.41 Å². The highest BCUT2D eigenvalue weighted by Crippen LogP contribution is 2.43. The van der Waals surface area contributed by atoms with Gasteiger partial charge in [-0.05, 0) is 23.1 Å². The zero-order chi connectivity index (χ0) is 11.1. The van der Waals surface area contributed by atoms with Crippen LogP contribution >= 0.6 is 0 Å². The topological polar surface area (TPSA) is 17.1 Å². The van der Waals surface area contributed by atoms with Crippen LogP contribution in [0.3, 0.4) is 0 Å². The number of hydrogen-bond acceptors (Lipinski definition) is 1. The van der Waals surface area contributed by atoms with Gasteiger partial charge in [0.25, 0.3) is 0 Å². The first-order valence-corrected chi connectivity index (χ1v) is 5.35. The van der Waals surface area contributed by atoms with E-state index in [9.17, 15) is 4.79 Å². The molecular formula is C14H16O. The Kier molecular flexibility index (Phi) is 2.26. The van der Waals surface area contributed by atoms with Gasteiger partial charge >= 0.3 is 0 Å². The first-order chi connectivity index (χ1) is 7.03. The largest absolute Gasteiger partial charge is 0.294 e. The molecule has 1 heteroatoms. The molecule has 0 heterocycles. The number of allylic oxidation sites excluding steroid dienone is 2. The summed E-state index contributed by atoms with van der Waals surface area (Å²) >= 11 is 0. The smallest absolute Gasteiger partial charge is 0.162 e. The molecule has 0 bridgehead atoms. The Labute approximate surface area is 90.8 Å². The van der Waals surface area contributed by atoms with E-state index < -0.39 is 0 Å². The molecule has 2 rings (SSSR count). The van der Waals surface area contributed by atoms with E-state index in [4.69, 9.17) is 0 Å². The summed E-state index contributed by atoms with van der Waals surface area (Å²) < 4.78 is 0. The molecule has 1 aliphatic carbocycles. The Morgan fingerprint density at radius 3 is 2.20 bits per heavy atom. The van der Waals surface area contributed by atoms with Gasteiger partial charge < -0.3 is 0 Å². The van der Waals surface area contributed by atoms with E-state index in [-0.39, 0.29) is 11.2 Å². The molecule has 1 aromatic carbocycles. The zero-order valence-corrected chi connectivity index (χ0v) is 9.45. The van der Waals surface area contributed by atoms with Crippen molar-refractivity contribution >= 4 is 11.4 Å². The average molecular weight is 200 g/mol. The van der Waals surface area contributed by atoms with E-state index in [0.29, 0.717) is 5.92 Å². The second-order valence-corrected chi connectivity index (χ2v) is 4.77. The van der Waals surface area contributed by atoms with Gasteiger partial charge in [-0.25, -0.2) is 0 Å². The average Bonchev–Trinajstić information content (AvgIpc) is 2.44. The summed E-state index contributed by atoms with van der Waals surface area (Å²) in [6.45, 7) is 6.17. The lowest BCUT2D eigenvalue weighted by Crippen LogP contribution is -2.24. The van der Waals surface area contributed by atoms with E-state index in [1.807, 2.05) is 32.0 Å². The quantitative estimate of drug-likeness (QED) is 0.679. The molecule has 0 saturated carbocycles. The maximum atomic E-state index is 11.8. The lowest BCUT2D eigenvalue weighted by Gasteiger charge is -2.24. The van der Waals surface area contributed by atoms with Gasteiger partial charge in [0.15, 0.2) is 5.78 Å². The van der Waals surface area contributed by atoms with Crippen LogP contribution in [0.25, 0.3) is 5.57 Å². The summed E-state index contributed by atoms with van der Waals surface area (Å²) in [5.41, 5.74) is 2.10. The van der Waals surface area contributed by atoms with Crippen LogP contribution in [0.1, 0.15) is 26.3 Å². The van der Waals surface area contributed by atoms with Crippen LogP contribution < -0.4 is 0 Å². The molecule has 0 radical (unpaired) electrons. The standard InChI is InChI=1S/C14H16O/c1-10-12(9-13(15)14(10,2)3)11-7-5-4-6-8-11/h4-10H,1-3H3. The molecule has 1 unspecified atom stereocenters. The number of benzene rings is 1. The summed E-state index contributed by atoms with van der Waals surface area (Å²) in [6.07, 6.45) is 1.81. The van der Waals surface area contributed by atoms with Crippen LogP contribution in [-0.2, 0) is 4.79 Å². The van der Waals surface area contributed by atoms with Gasteiger partial charge in [-0.2, -0.15) is 0 Å². The van der Waals surface area contributed by atoms with Crippen LogP contribution in [0.2, 0.25) is 0 Å². The molecule has 0 amide bonds. The van der Waals surface area contributed by atoms with E-state index in [0.717, 1.165) is 0 Å². The van der Waals surface area contributed by atoms with Crippen LogP contribution in [-0.4, -0.2) is 5.78 Å². The minimum Gasteiger partial charge on any atom is -0.294 e. The van der Waals surface area contributed by atoms with Gasteiger partial charge in [-0.3, -0.25) is 4.79 Å². The molecule has 1 aliphatic rings. The molecule has 0 aromatic heterocycles. The molecule has 15 heavy (non-hydrogen) atoms. The Hall–Kier alpha value is -1.37. The molecule has 0 aliphatic heterocycles. The van der Waals surface area contributed by atoms with Gasteiger partial charge in [-0.1, -0.05) is 51.1 Å². The second-order valence-electron chi connectivity index (χ2n) is 4.77. The first-order valence-electron chi connectivity index (χ1n) is 5.35. The third-order valence-corrected chi connectivity index (χ3v) is 3.58. The van der Waals surface area contributed by atoms with Crippen molar-refractivity contribution in [3.05, 3.63) is 42.0 Å². The summed E-state index contributed by atoms with van der Waals surface area (Å²) in [5, 5.41) is 0. The van der Waals surface area contributed by atoms with Crippen molar-refractivity contribution in [2.45, 2.75) is 20.8 Å². The van der Waals surface area contributed by atoms with Gasteiger partial charge in [0.2, 0.25) is 0 Å². The van der Waals surface area contributed by atoms with Crippen LogP contribution in [0.15, 0.2) is 36.4 Å². The van der Waals surface area contributed by atoms with Gasteiger partial charge in [0.1, 0.15) is 0 Å². The fourth-order valence-electron chi connectivity index (χ4n) is 2.02. The normalized spacial score (nSPS) is 24.1. The number of carbonyl (C=O) groups excluding carboxylic acids is 1. The van der Waals surface area contributed by atoms with Crippen molar-refractivity contribution in [2.75, 3.05) is 0 Å². The molecule has 0 fully saturated rings. The molecule has 0 N–H and O–H groups in total. The predicted molar refractivity (Wildman–Crippen MR) is 62.4 cm³/mol. The van der Waals surface area contributed by atoms with E-state index in [1.54, 1.807) is 6.08 Å². The Bertz CT molecular complexity index is 412. The highest BCUT2D eigenvalue weighted by molar-refractivity contribution is 6.06. The highest BCUT2D eigenvalue weighted by atomic mass is 16.1. The van der Waals surface area contributed by atoms with Crippen molar-refractivity contribution in [3.8, 4) is 0 Å². The minimum absolute atomic E-state index is 0.244. The SMILES string of the molecule is CC1C(c2ccccc2)=CC(=O)C1(C)C. The summed E-state index contributed by atoms with van der Waals surface area (Å²) in [5.74, 6) is 0.543. The number of ketones is 1. The van der Waals surface area contributed by atoms with Crippen LogP contribution in [0, 0.1) is 11.3 Å². The van der Waals surface area contributed by atoms with E-state index in [2.05, 4.69) is 19.1 Å². The number of hydrogen-bond donors (Lipinski definition) is 0. The van der Waals surface area contributed by atoms with Crippen LogP contribution in [0.4, 0.5) is 0 Å². The van der Waals surface area contributed by atoms with E-state index in [1.165, 1.54) is 11.1 Å². The maximum Gasteiger partial charge on any atom is 0.162 e. The predicted octanol–water partition coefficient (Wildman–Crippen LogP) is 3.32. The third kappa shape index (κ3) is 1.52. The Balaban J connectivity index is 2.42.